The van der Waals surface area contributed by atoms with Crippen molar-refractivity contribution in [3.63, 3.8) is 0 Å². The zero-order valence-corrected chi connectivity index (χ0v) is 8.75. The Bertz CT molecular complexity index is 231. The number of halogens is 1. The van der Waals surface area contributed by atoms with Crippen molar-refractivity contribution in [1.82, 2.24) is 10.4 Å². The molecule has 0 unspecified atom stereocenters. The Kier molecular flexibility index (Phi) is 3.41. The summed E-state index contributed by atoms with van der Waals surface area (Å²) in [6, 6.07) is -0.613. The average Bonchev–Trinajstić information content (AvgIpc) is 2.74. The first-order valence-corrected chi connectivity index (χ1v) is 5.62. The molecule has 2 amide bonds. The van der Waals surface area contributed by atoms with E-state index in [1.807, 2.05) is 0 Å². The normalized spacial score (nSPS) is 31.7. The molecule has 0 aromatic heterocycles. The van der Waals surface area contributed by atoms with Crippen LogP contribution in [0.2, 0.25) is 0 Å². The number of hydroxylamine groups is 2. The summed E-state index contributed by atoms with van der Waals surface area (Å²) >= 11 is 0. The number of nitrogens with zero attached hydrogens (tertiary/aromatic N) is 1. The van der Waals surface area contributed by atoms with Gasteiger partial charge >= 0.3 is 6.03 Å². The maximum atomic E-state index is 13.4. The molecule has 1 aliphatic heterocycles. The van der Waals surface area contributed by atoms with Gasteiger partial charge in [0.05, 0.1) is 19.2 Å². The van der Waals surface area contributed by atoms with E-state index in [0.717, 1.165) is 25.7 Å². The van der Waals surface area contributed by atoms with E-state index in [1.165, 1.54) is 5.06 Å². The highest BCUT2D eigenvalue weighted by atomic mass is 19.1. The molecule has 15 heavy (non-hydrogen) atoms. The van der Waals surface area contributed by atoms with Gasteiger partial charge in [0.2, 0.25) is 0 Å². The minimum atomic E-state index is -0.898. The van der Waals surface area contributed by atoms with Crippen LogP contribution in [0.25, 0.3) is 0 Å². The fourth-order valence-corrected chi connectivity index (χ4v) is 2.09. The minimum absolute atomic E-state index is 0.290. The Morgan fingerprint density at radius 1 is 1.33 bits per heavy atom. The Hall–Kier alpha value is -0.840. The molecule has 5 heteroatoms. The highest BCUT2D eigenvalue weighted by molar-refractivity contribution is 5.73. The molecule has 0 aromatic carbocycles. The van der Waals surface area contributed by atoms with Gasteiger partial charge in [-0.3, -0.25) is 4.84 Å². The predicted molar refractivity (Wildman–Crippen MR) is 53.0 cm³/mol. The van der Waals surface area contributed by atoms with Gasteiger partial charge in [0.15, 0.2) is 0 Å². The second-order valence-corrected chi connectivity index (χ2v) is 4.15. The Balaban J connectivity index is 1.81. The van der Waals surface area contributed by atoms with Gasteiger partial charge in [-0.05, 0) is 19.3 Å². The summed E-state index contributed by atoms with van der Waals surface area (Å²) in [5.41, 5.74) is 0. The van der Waals surface area contributed by atoms with Crippen LogP contribution in [0.3, 0.4) is 0 Å². The van der Waals surface area contributed by atoms with Crippen molar-refractivity contribution < 1.29 is 14.0 Å². The summed E-state index contributed by atoms with van der Waals surface area (Å²) in [5, 5.41) is 3.99. The van der Waals surface area contributed by atoms with Crippen molar-refractivity contribution in [3.8, 4) is 0 Å². The van der Waals surface area contributed by atoms with Crippen molar-refractivity contribution in [2.45, 2.75) is 44.3 Å². The van der Waals surface area contributed by atoms with E-state index in [4.69, 9.17) is 4.84 Å². The Morgan fingerprint density at radius 2 is 2.13 bits per heavy atom. The second-order valence-electron chi connectivity index (χ2n) is 4.15. The number of carbonyl (C=O) groups is 1. The van der Waals surface area contributed by atoms with Crippen LogP contribution in [0, 0.1) is 0 Å². The molecule has 2 aliphatic rings. The predicted octanol–water partition coefficient (Wildman–Crippen LogP) is 1.61. The topological polar surface area (TPSA) is 41.6 Å². The third-order valence-corrected chi connectivity index (χ3v) is 2.97. The van der Waals surface area contributed by atoms with E-state index < -0.39 is 6.17 Å². The van der Waals surface area contributed by atoms with E-state index >= 15 is 0 Å². The van der Waals surface area contributed by atoms with Crippen LogP contribution >= 0.6 is 0 Å². The van der Waals surface area contributed by atoms with E-state index in [2.05, 4.69) is 5.32 Å². The maximum absolute atomic E-state index is 13.4. The lowest BCUT2D eigenvalue weighted by Crippen LogP contribution is -2.48. The Labute approximate surface area is 88.7 Å². The lowest BCUT2D eigenvalue weighted by Gasteiger charge is -2.28. The van der Waals surface area contributed by atoms with Crippen LogP contribution in [-0.2, 0) is 4.84 Å². The van der Waals surface area contributed by atoms with Gasteiger partial charge in [-0.15, -0.1) is 0 Å². The molecule has 2 atom stereocenters. The molecule has 1 saturated carbocycles. The standard InChI is InChI=1S/C10H17FN2O2/c11-8-4-1-2-5-9(8)12-10(14)13-6-3-7-15-13/h8-9H,1-7H2,(H,12,14)/t8-,9-/m0/s1. The molecule has 1 saturated heterocycles. The zero-order valence-electron chi connectivity index (χ0n) is 8.75. The van der Waals surface area contributed by atoms with Crippen LogP contribution in [0.4, 0.5) is 9.18 Å². The fourth-order valence-electron chi connectivity index (χ4n) is 2.09. The van der Waals surface area contributed by atoms with E-state index in [9.17, 15) is 9.18 Å². The van der Waals surface area contributed by atoms with Crippen molar-refractivity contribution >= 4 is 6.03 Å². The van der Waals surface area contributed by atoms with Crippen molar-refractivity contribution in [2.24, 2.45) is 0 Å². The summed E-state index contributed by atoms with van der Waals surface area (Å²) < 4.78 is 13.4. The largest absolute Gasteiger partial charge is 0.341 e. The number of amides is 2. The average molecular weight is 216 g/mol. The lowest BCUT2D eigenvalue weighted by atomic mass is 9.94. The molecule has 1 heterocycles. The van der Waals surface area contributed by atoms with Gasteiger partial charge in [-0.1, -0.05) is 12.8 Å². The van der Waals surface area contributed by atoms with Crippen LogP contribution < -0.4 is 5.32 Å². The molecule has 2 rings (SSSR count). The smallest absolute Gasteiger partial charge is 0.331 e. The van der Waals surface area contributed by atoms with E-state index in [-0.39, 0.29) is 12.1 Å². The summed E-state index contributed by atoms with van der Waals surface area (Å²) in [5.74, 6) is 0. The molecule has 0 bridgehead atoms. The fraction of sp³-hybridized carbons (Fsp3) is 0.900. The van der Waals surface area contributed by atoms with Gasteiger partial charge < -0.3 is 5.32 Å². The van der Waals surface area contributed by atoms with Gasteiger partial charge in [-0.2, -0.15) is 0 Å². The highest BCUT2D eigenvalue weighted by Crippen LogP contribution is 2.21. The number of alkyl halides is 1. The summed E-state index contributed by atoms with van der Waals surface area (Å²) in [6.07, 6.45) is 3.18. The van der Waals surface area contributed by atoms with Gasteiger partial charge in [0.1, 0.15) is 6.17 Å². The molecule has 1 aliphatic carbocycles. The van der Waals surface area contributed by atoms with Crippen LogP contribution in [0.1, 0.15) is 32.1 Å². The molecule has 0 spiro atoms. The monoisotopic (exact) mass is 216 g/mol. The van der Waals surface area contributed by atoms with Crippen LogP contribution in [0.5, 0.6) is 0 Å². The third kappa shape index (κ3) is 2.59. The summed E-state index contributed by atoms with van der Waals surface area (Å²) in [6.45, 7) is 1.19. The van der Waals surface area contributed by atoms with E-state index in [0.29, 0.717) is 19.6 Å². The molecule has 4 nitrogen and oxygen atoms in total. The van der Waals surface area contributed by atoms with Gasteiger partial charge in [0.25, 0.3) is 0 Å². The molecular weight excluding hydrogens is 199 g/mol. The molecular formula is C10H17FN2O2. The van der Waals surface area contributed by atoms with Crippen molar-refractivity contribution in [3.05, 3.63) is 0 Å². The summed E-state index contributed by atoms with van der Waals surface area (Å²) in [4.78, 5) is 16.7. The second kappa shape index (κ2) is 4.79. The number of urea groups is 1. The number of hydrogen-bond donors (Lipinski definition) is 1. The number of nitrogens with one attached hydrogen (secondary N) is 1. The lowest BCUT2D eigenvalue weighted by molar-refractivity contribution is -0.0680. The Morgan fingerprint density at radius 3 is 2.80 bits per heavy atom. The highest BCUT2D eigenvalue weighted by Gasteiger charge is 2.28. The molecule has 86 valence electrons. The zero-order chi connectivity index (χ0) is 10.7. The molecule has 1 N–H and O–H groups in total. The number of rotatable bonds is 1. The van der Waals surface area contributed by atoms with Gasteiger partial charge in [-0.25, -0.2) is 14.2 Å². The maximum Gasteiger partial charge on any atom is 0.341 e. The SMILES string of the molecule is O=C(N[C@H]1CCCC[C@@H]1F)N1CCCO1. The van der Waals surface area contributed by atoms with Crippen LogP contribution in [-0.4, -0.2) is 36.5 Å². The molecule has 2 fully saturated rings. The third-order valence-electron chi connectivity index (χ3n) is 2.97. The van der Waals surface area contributed by atoms with Crippen molar-refractivity contribution in [2.75, 3.05) is 13.2 Å². The number of carbonyl (C=O) groups excluding carboxylic acids is 1. The van der Waals surface area contributed by atoms with Gasteiger partial charge in [0, 0.05) is 0 Å². The first-order valence-electron chi connectivity index (χ1n) is 5.62. The quantitative estimate of drug-likeness (QED) is 0.723. The number of hydrogen-bond acceptors (Lipinski definition) is 2. The van der Waals surface area contributed by atoms with E-state index in [1.54, 1.807) is 0 Å². The molecule has 0 radical (unpaired) electrons. The summed E-state index contributed by atoms with van der Waals surface area (Å²) in [7, 11) is 0. The first kappa shape index (κ1) is 10.7. The minimum Gasteiger partial charge on any atom is -0.331 e. The van der Waals surface area contributed by atoms with Crippen LogP contribution in [0.15, 0.2) is 0 Å². The first-order chi connectivity index (χ1) is 7.27. The van der Waals surface area contributed by atoms with Crippen molar-refractivity contribution in [1.29, 1.82) is 0 Å². The molecule has 0 aromatic rings.